The normalized spacial score (nSPS) is 15.8. The smallest absolute Gasteiger partial charge is 0.410 e. The number of nitrogens with one attached hydrogen (secondary N) is 1. The molecule has 1 N–H and O–H groups in total. The summed E-state index contributed by atoms with van der Waals surface area (Å²) in [5.74, 6) is 1.12. The number of piperidine rings is 1. The zero-order valence-electron chi connectivity index (χ0n) is 16.5. The average Bonchev–Trinajstić information content (AvgIpc) is 2.95. The van der Waals surface area contributed by atoms with Crippen LogP contribution in [0.25, 0.3) is 5.69 Å². The van der Waals surface area contributed by atoms with Crippen LogP contribution in [-0.2, 0) is 11.2 Å². The van der Waals surface area contributed by atoms with E-state index < -0.39 is 5.60 Å². The number of para-hydroxylation sites is 1. The van der Waals surface area contributed by atoms with Crippen molar-refractivity contribution in [3.63, 3.8) is 0 Å². The van der Waals surface area contributed by atoms with Crippen LogP contribution in [0.1, 0.15) is 45.0 Å². The number of hydrogen-bond donors (Lipinski definition) is 1. The lowest BCUT2D eigenvalue weighted by Gasteiger charge is -2.33. The number of amides is 1. The lowest BCUT2D eigenvalue weighted by molar-refractivity contribution is 0.0183. The number of aromatic amines is 1. The molecule has 27 heavy (non-hydrogen) atoms. The maximum absolute atomic E-state index is 12.3. The van der Waals surface area contributed by atoms with Crippen molar-refractivity contribution in [1.29, 1.82) is 0 Å². The van der Waals surface area contributed by atoms with Crippen molar-refractivity contribution in [2.24, 2.45) is 5.92 Å². The van der Waals surface area contributed by atoms with E-state index in [-0.39, 0.29) is 11.8 Å². The Morgan fingerprint density at radius 2 is 1.93 bits per heavy atom. The van der Waals surface area contributed by atoms with Gasteiger partial charge in [0, 0.05) is 19.5 Å². The number of aromatic nitrogens is 3. The molecule has 0 bridgehead atoms. The third-order valence-corrected chi connectivity index (χ3v) is 4.84. The van der Waals surface area contributed by atoms with E-state index in [1.807, 2.05) is 52.0 Å². The molecule has 1 amide bonds. The Bertz CT molecular complexity index is 855. The highest BCUT2D eigenvalue weighted by atomic mass is 16.6. The summed E-state index contributed by atoms with van der Waals surface area (Å²) in [6.07, 6.45) is 2.19. The molecule has 7 nitrogen and oxygen atoms in total. The number of rotatable bonds is 3. The van der Waals surface area contributed by atoms with Crippen molar-refractivity contribution in [1.82, 2.24) is 19.7 Å². The predicted octanol–water partition coefficient (Wildman–Crippen LogP) is 3.06. The number of hydrogen-bond acceptors (Lipinski definition) is 4. The quantitative estimate of drug-likeness (QED) is 0.898. The van der Waals surface area contributed by atoms with E-state index in [1.54, 1.807) is 9.47 Å². The first kappa shape index (κ1) is 19.2. The van der Waals surface area contributed by atoms with E-state index in [0.29, 0.717) is 25.4 Å². The zero-order valence-corrected chi connectivity index (χ0v) is 16.5. The molecule has 1 aromatic heterocycles. The van der Waals surface area contributed by atoms with Gasteiger partial charge in [-0.2, -0.15) is 5.10 Å². The van der Waals surface area contributed by atoms with Crippen LogP contribution in [0.3, 0.4) is 0 Å². The highest BCUT2D eigenvalue weighted by molar-refractivity contribution is 5.68. The molecule has 7 heteroatoms. The fourth-order valence-corrected chi connectivity index (χ4v) is 3.43. The first-order chi connectivity index (χ1) is 12.7. The Morgan fingerprint density at radius 3 is 2.56 bits per heavy atom. The van der Waals surface area contributed by atoms with E-state index >= 15 is 0 Å². The summed E-state index contributed by atoms with van der Waals surface area (Å²) < 4.78 is 7.11. The molecule has 1 aliphatic heterocycles. The first-order valence-corrected chi connectivity index (χ1v) is 9.45. The van der Waals surface area contributed by atoms with Gasteiger partial charge in [-0.25, -0.2) is 19.3 Å². The summed E-state index contributed by atoms with van der Waals surface area (Å²) in [6.45, 7) is 8.94. The van der Waals surface area contributed by atoms with Crippen LogP contribution in [0.5, 0.6) is 0 Å². The second-order valence-electron chi connectivity index (χ2n) is 8.18. The summed E-state index contributed by atoms with van der Waals surface area (Å²) >= 11 is 0. The SMILES string of the molecule is Cc1ccccc1-n1c(CC2CCN(C(=O)OC(C)(C)C)CC2)n[nH]c1=O. The Hall–Kier alpha value is -2.57. The number of H-pyrrole nitrogens is 1. The molecule has 1 aliphatic rings. The molecule has 0 atom stereocenters. The molecule has 1 aromatic carbocycles. The Kier molecular flexibility index (Phi) is 5.39. The molecule has 0 aliphatic carbocycles. The predicted molar refractivity (Wildman–Crippen MR) is 103 cm³/mol. The molecule has 1 fully saturated rings. The number of carbonyl (C=O) groups is 1. The number of aryl methyl sites for hydroxylation is 1. The van der Waals surface area contributed by atoms with Crippen LogP contribution in [0.2, 0.25) is 0 Å². The van der Waals surface area contributed by atoms with E-state index in [4.69, 9.17) is 4.74 Å². The van der Waals surface area contributed by atoms with Gasteiger partial charge in [-0.3, -0.25) is 0 Å². The maximum Gasteiger partial charge on any atom is 0.410 e. The molecule has 0 radical (unpaired) electrons. The molecular formula is C20H28N4O3. The maximum atomic E-state index is 12.3. The molecular weight excluding hydrogens is 344 g/mol. The van der Waals surface area contributed by atoms with E-state index in [2.05, 4.69) is 10.2 Å². The summed E-state index contributed by atoms with van der Waals surface area (Å²) in [5.41, 5.74) is 1.19. The molecule has 2 aromatic rings. The summed E-state index contributed by atoms with van der Waals surface area (Å²) in [7, 11) is 0. The van der Waals surface area contributed by atoms with Gasteiger partial charge in [0.25, 0.3) is 0 Å². The minimum atomic E-state index is -0.480. The molecule has 0 spiro atoms. The van der Waals surface area contributed by atoms with Crippen LogP contribution in [0, 0.1) is 12.8 Å². The highest BCUT2D eigenvalue weighted by Crippen LogP contribution is 2.23. The standard InChI is InChI=1S/C20H28N4O3/c1-14-7-5-6-8-16(14)24-17(21-22-18(24)25)13-15-9-11-23(12-10-15)19(26)27-20(2,3)4/h5-8,15H,9-13H2,1-4H3,(H,22,25). The van der Waals surface area contributed by atoms with Crippen molar-refractivity contribution >= 4 is 6.09 Å². The lowest BCUT2D eigenvalue weighted by Crippen LogP contribution is -2.42. The fourth-order valence-electron chi connectivity index (χ4n) is 3.43. The van der Waals surface area contributed by atoms with Gasteiger partial charge in [0.15, 0.2) is 0 Å². The van der Waals surface area contributed by atoms with Gasteiger partial charge in [-0.15, -0.1) is 0 Å². The molecule has 3 rings (SSSR count). The van der Waals surface area contributed by atoms with Gasteiger partial charge in [0.1, 0.15) is 11.4 Å². The second-order valence-corrected chi connectivity index (χ2v) is 8.18. The van der Waals surface area contributed by atoms with Gasteiger partial charge in [-0.1, -0.05) is 18.2 Å². The molecule has 2 heterocycles. The number of ether oxygens (including phenoxy) is 1. The fraction of sp³-hybridized carbons (Fsp3) is 0.550. The van der Waals surface area contributed by atoms with Gasteiger partial charge in [-0.05, 0) is 58.1 Å². The third kappa shape index (κ3) is 4.59. The van der Waals surface area contributed by atoms with Crippen LogP contribution < -0.4 is 5.69 Å². The third-order valence-electron chi connectivity index (χ3n) is 4.84. The van der Waals surface area contributed by atoms with Gasteiger partial charge >= 0.3 is 11.8 Å². The molecule has 146 valence electrons. The van der Waals surface area contributed by atoms with Crippen LogP contribution in [0.4, 0.5) is 4.79 Å². The molecule has 1 saturated heterocycles. The van der Waals surface area contributed by atoms with Crippen LogP contribution in [0.15, 0.2) is 29.1 Å². The Morgan fingerprint density at radius 1 is 1.26 bits per heavy atom. The monoisotopic (exact) mass is 372 g/mol. The van der Waals surface area contributed by atoms with E-state index in [0.717, 1.165) is 29.9 Å². The average molecular weight is 372 g/mol. The van der Waals surface area contributed by atoms with Crippen molar-refractivity contribution in [3.8, 4) is 5.69 Å². The van der Waals surface area contributed by atoms with Gasteiger partial charge in [0.05, 0.1) is 5.69 Å². The van der Waals surface area contributed by atoms with Crippen molar-refractivity contribution in [2.75, 3.05) is 13.1 Å². The number of benzene rings is 1. The van der Waals surface area contributed by atoms with Crippen molar-refractivity contribution in [3.05, 3.63) is 46.1 Å². The Balaban J connectivity index is 1.66. The van der Waals surface area contributed by atoms with Gasteiger partial charge < -0.3 is 9.64 Å². The van der Waals surface area contributed by atoms with E-state index in [1.165, 1.54) is 0 Å². The topological polar surface area (TPSA) is 80.2 Å². The Labute approximate surface area is 159 Å². The number of likely N-dealkylation sites (tertiary alicyclic amines) is 1. The summed E-state index contributed by atoms with van der Waals surface area (Å²) in [6, 6.07) is 7.79. The molecule has 0 saturated carbocycles. The van der Waals surface area contributed by atoms with Crippen LogP contribution in [-0.4, -0.2) is 44.4 Å². The van der Waals surface area contributed by atoms with Crippen molar-refractivity contribution < 1.29 is 9.53 Å². The second kappa shape index (κ2) is 7.58. The largest absolute Gasteiger partial charge is 0.444 e. The highest BCUT2D eigenvalue weighted by Gasteiger charge is 2.28. The molecule has 0 unspecified atom stereocenters. The summed E-state index contributed by atoms with van der Waals surface area (Å²) in [4.78, 5) is 26.2. The van der Waals surface area contributed by atoms with E-state index in [9.17, 15) is 9.59 Å². The zero-order chi connectivity index (χ0) is 19.6. The minimum absolute atomic E-state index is 0.217. The lowest BCUT2D eigenvalue weighted by atomic mass is 9.93. The van der Waals surface area contributed by atoms with Gasteiger partial charge in [0.2, 0.25) is 0 Å². The number of carbonyl (C=O) groups excluding carboxylic acids is 1. The van der Waals surface area contributed by atoms with Crippen molar-refractivity contribution in [2.45, 2.75) is 52.6 Å². The number of nitrogens with zero attached hydrogens (tertiary/aromatic N) is 3. The minimum Gasteiger partial charge on any atom is -0.444 e. The van der Waals surface area contributed by atoms with Crippen LogP contribution >= 0.6 is 0 Å². The first-order valence-electron chi connectivity index (χ1n) is 9.45. The summed E-state index contributed by atoms with van der Waals surface area (Å²) in [5, 5.41) is 6.83.